The molecule has 0 atom stereocenters. The minimum Gasteiger partial charge on any atom is -0.258 e. The Balaban J connectivity index is 3.13. The zero-order chi connectivity index (χ0) is 13.2. The fourth-order valence-electron chi connectivity index (χ4n) is 1.23. The minimum atomic E-state index is -3.38. The van der Waals surface area contributed by atoms with Crippen LogP contribution in [0.2, 0.25) is 0 Å². The molecule has 1 N–H and O–H groups in total. The summed E-state index contributed by atoms with van der Waals surface area (Å²) in [6, 6.07) is 2.95. The molecule has 0 radical (unpaired) electrons. The van der Waals surface area contributed by atoms with Crippen molar-refractivity contribution in [1.29, 1.82) is 0 Å². The van der Waals surface area contributed by atoms with Crippen LogP contribution in [0.4, 0.5) is 5.69 Å². The Kier molecular flexibility index (Phi) is 4.23. The Hall–Kier alpha value is -0.990. The van der Waals surface area contributed by atoms with E-state index in [4.69, 9.17) is 0 Å². The maximum absolute atomic E-state index is 10.9. The quantitative estimate of drug-likeness (QED) is 0.675. The van der Waals surface area contributed by atoms with Gasteiger partial charge in [0.25, 0.3) is 5.69 Å². The summed E-state index contributed by atoms with van der Waals surface area (Å²) in [4.78, 5) is 10.3. The van der Waals surface area contributed by atoms with E-state index >= 15 is 0 Å². The predicted octanol–water partition coefficient (Wildman–Crippen LogP) is 1.71. The predicted molar refractivity (Wildman–Crippen MR) is 67.2 cm³/mol. The molecule has 0 spiro atoms. The first kappa shape index (κ1) is 14.1. The van der Waals surface area contributed by atoms with Crippen molar-refractivity contribution in [2.24, 2.45) is 0 Å². The highest BCUT2D eigenvalue weighted by molar-refractivity contribution is 9.10. The van der Waals surface area contributed by atoms with Gasteiger partial charge in [0.15, 0.2) is 0 Å². The molecule has 6 nitrogen and oxygen atoms in total. The number of nitro benzene ring substituents is 1. The Bertz CT molecular complexity index is 556. The first-order valence-corrected chi connectivity index (χ1v) is 7.27. The number of hydrogen-bond donors (Lipinski definition) is 1. The monoisotopic (exact) mass is 322 g/mol. The molecule has 1 rings (SSSR count). The van der Waals surface area contributed by atoms with Crippen molar-refractivity contribution in [3.63, 3.8) is 0 Å². The number of nitrogens with zero attached hydrogens (tertiary/aromatic N) is 1. The molecule has 0 aliphatic rings. The lowest BCUT2D eigenvalue weighted by Crippen LogP contribution is -2.21. The summed E-state index contributed by atoms with van der Waals surface area (Å²) >= 11 is 3.25. The molecular formula is C9H11BrN2O4S. The molecule has 0 amide bonds. The molecule has 0 unspecified atom stereocenters. The van der Waals surface area contributed by atoms with E-state index in [-0.39, 0.29) is 12.2 Å². The Morgan fingerprint density at radius 2 is 2.06 bits per heavy atom. The second-order valence-corrected chi connectivity index (χ2v) is 6.27. The lowest BCUT2D eigenvalue weighted by atomic mass is 10.1. The molecule has 0 aromatic heterocycles. The van der Waals surface area contributed by atoms with Gasteiger partial charge in [-0.25, -0.2) is 13.1 Å². The fraction of sp³-hybridized carbons (Fsp3) is 0.333. The van der Waals surface area contributed by atoms with Gasteiger partial charge in [-0.2, -0.15) is 0 Å². The van der Waals surface area contributed by atoms with Crippen LogP contribution in [0.15, 0.2) is 16.6 Å². The minimum absolute atomic E-state index is 0.0955. The van der Waals surface area contributed by atoms with Gasteiger partial charge in [0.2, 0.25) is 10.0 Å². The van der Waals surface area contributed by atoms with Gasteiger partial charge in [-0.1, -0.05) is 15.9 Å². The van der Waals surface area contributed by atoms with Gasteiger partial charge in [-0.05, 0) is 18.6 Å². The summed E-state index contributed by atoms with van der Waals surface area (Å²) in [6.07, 6.45) is 1.00. The van der Waals surface area contributed by atoms with Crippen LogP contribution in [0.1, 0.15) is 11.1 Å². The molecular weight excluding hydrogens is 312 g/mol. The molecule has 0 aliphatic heterocycles. The standard InChI is InChI=1S/C9H11BrN2O4S/c1-6-3-9(12(13)14)7(4-8(6)10)5-11-17(2,15)16/h3-4,11H,5H2,1-2H3. The Labute approximate surface area is 107 Å². The summed E-state index contributed by atoms with van der Waals surface area (Å²) in [6.45, 7) is 1.62. The number of halogens is 1. The van der Waals surface area contributed by atoms with E-state index in [0.717, 1.165) is 11.8 Å². The van der Waals surface area contributed by atoms with Crippen molar-refractivity contribution in [3.05, 3.63) is 37.8 Å². The Morgan fingerprint density at radius 3 is 2.53 bits per heavy atom. The molecule has 17 heavy (non-hydrogen) atoms. The molecule has 0 heterocycles. The number of nitrogens with one attached hydrogen (secondary N) is 1. The zero-order valence-electron chi connectivity index (χ0n) is 9.23. The van der Waals surface area contributed by atoms with E-state index in [1.165, 1.54) is 6.07 Å². The lowest BCUT2D eigenvalue weighted by Gasteiger charge is -2.06. The molecule has 0 fully saturated rings. The van der Waals surface area contributed by atoms with E-state index in [1.807, 2.05) is 0 Å². The van der Waals surface area contributed by atoms with Gasteiger partial charge in [0.05, 0.1) is 11.2 Å². The van der Waals surface area contributed by atoms with Crippen LogP contribution in [0, 0.1) is 17.0 Å². The van der Waals surface area contributed by atoms with E-state index in [1.54, 1.807) is 13.0 Å². The van der Waals surface area contributed by atoms with Gasteiger partial charge in [-0.3, -0.25) is 10.1 Å². The number of rotatable bonds is 4. The van der Waals surface area contributed by atoms with Crippen LogP contribution in [0.5, 0.6) is 0 Å². The molecule has 1 aromatic rings. The second kappa shape index (κ2) is 5.11. The van der Waals surface area contributed by atoms with E-state index in [2.05, 4.69) is 20.7 Å². The summed E-state index contributed by atoms with van der Waals surface area (Å²) in [5, 5.41) is 10.8. The van der Waals surface area contributed by atoms with E-state index in [9.17, 15) is 18.5 Å². The second-order valence-electron chi connectivity index (χ2n) is 3.58. The van der Waals surface area contributed by atoms with E-state index in [0.29, 0.717) is 10.0 Å². The van der Waals surface area contributed by atoms with Crippen LogP contribution < -0.4 is 4.72 Å². The third-order valence-electron chi connectivity index (χ3n) is 2.08. The average Bonchev–Trinajstić information content (AvgIpc) is 2.17. The summed E-state index contributed by atoms with van der Waals surface area (Å²) in [5.41, 5.74) is 0.944. The fourth-order valence-corrected chi connectivity index (χ4v) is 2.04. The third kappa shape index (κ3) is 4.06. The summed E-state index contributed by atoms with van der Waals surface area (Å²) < 4.78 is 24.8. The number of benzene rings is 1. The number of nitro groups is 1. The van der Waals surface area contributed by atoms with Crippen LogP contribution in [0.25, 0.3) is 0 Å². The number of sulfonamides is 1. The van der Waals surface area contributed by atoms with Gasteiger partial charge >= 0.3 is 0 Å². The first-order chi connectivity index (χ1) is 7.70. The summed E-state index contributed by atoms with van der Waals surface area (Å²) in [7, 11) is -3.38. The highest BCUT2D eigenvalue weighted by Gasteiger charge is 2.16. The van der Waals surface area contributed by atoms with Crippen molar-refractivity contribution >= 4 is 31.6 Å². The van der Waals surface area contributed by atoms with Crippen molar-refractivity contribution in [2.75, 3.05) is 6.26 Å². The molecule has 0 bridgehead atoms. The molecule has 0 aliphatic carbocycles. The van der Waals surface area contributed by atoms with Gasteiger partial charge < -0.3 is 0 Å². The smallest absolute Gasteiger partial charge is 0.258 e. The largest absolute Gasteiger partial charge is 0.274 e. The van der Waals surface area contributed by atoms with Crippen molar-refractivity contribution in [2.45, 2.75) is 13.5 Å². The molecule has 0 saturated heterocycles. The maximum Gasteiger partial charge on any atom is 0.274 e. The van der Waals surface area contributed by atoms with Crippen LogP contribution in [-0.2, 0) is 16.6 Å². The first-order valence-electron chi connectivity index (χ1n) is 4.59. The highest BCUT2D eigenvalue weighted by Crippen LogP contribution is 2.26. The molecule has 1 aromatic carbocycles. The maximum atomic E-state index is 10.9. The van der Waals surface area contributed by atoms with Crippen LogP contribution in [0.3, 0.4) is 0 Å². The Morgan fingerprint density at radius 1 is 1.47 bits per heavy atom. The topological polar surface area (TPSA) is 89.3 Å². The SMILES string of the molecule is Cc1cc([N+](=O)[O-])c(CNS(C)(=O)=O)cc1Br. The van der Waals surface area contributed by atoms with Crippen LogP contribution >= 0.6 is 15.9 Å². The van der Waals surface area contributed by atoms with Gasteiger partial charge in [0.1, 0.15) is 0 Å². The lowest BCUT2D eigenvalue weighted by molar-refractivity contribution is -0.385. The third-order valence-corrected chi connectivity index (χ3v) is 3.60. The van der Waals surface area contributed by atoms with Crippen LogP contribution in [-0.4, -0.2) is 19.6 Å². The number of aryl methyl sites for hydroxylation is 1. The van der Waals surface area contributed by atoms with Crippen molar-refractivity contribution < 1.29 is 13.3 Å². The average molecular weight is 323 g/mol. The van der Waals surface area contributed by atoms with Crippen molar-refractivity contribution in [3.8, 4) is 0 Å². The highest BCUT2D eigenvalue weighted by atomic mass is 79.9. The molecule has 0 saturated carbocycles. The molecule has 8 heteroatoms. The van der Waals surface area contributed by atoms with E-state index < -0.39 is 14.9 Å². The van der Waals surface area contributed by atoms with Gasteiger partial charge in [0, 0.05) is 22.6 Å². The number of hydrogen-bond acceptors (Lipinski definition) is 4. The van der Waals surface area contributed by atoms with Crippen molar-refractivity contribution in [1.82, 2.24) is 4.72 Å². The summed E-state index contributed by atoms with van der Waals surface area (Å²) in [5.74, 6) is 0. The van der Waals surface area contributed by atoms with Gasteiger partial charge in [-0.15, -0.1) is 0 Å². The molecule has 94 valence electrons. The zero-order valence-corrected chi connectivity index (χ0v) is 11.6. The normalized spacial score (nSPS) is 11.5.